The van der Waals surface area contributed by atoms with E-state index in [2.05, 4.69) is 78.6 Å². The number of aryl methyl sites for hydroxylation is 1. The van der Waals surface area contributed by atoms with Crippen molar-refractivity contribution in [1.29, 1.82) is 0 Å². The molecule has 1 unspecified atom stereocenters. The van der Waals surface area contributed by atoms with E-state index >= 15 is 0 Å². The zero-order valence-corrected chi connectivity index (χ0v) is 33.4. The van der Waals surface area contributed by atoms with E-state index in [1.54, 1.807) is 12.1 Å². The first-order chi connectivity index (χ1) is 24.3. The Bertz CT molecular complexity index is 2280. The molecular formula is C43H46GeIrN2O-2. The number of hydrogen-bond acceptors (Lipinski definition) is 3. The van der Waals surface area contributed by atoms with Gasteiger partial charge in [0.2, 0.25) is 0 Å². The van der Waals surface area contributed by atoms with Gasteiger partial charge < -0.3 is 9.41 Å². The first-order valence-corrected chi connectivity index (χ1v) is 23.7. The van der Waals surface area contributed by atoms with E-state index in [0.29, 0.717) is 22.7 Å². The van der Waals surface area contributed by atoms with E-state index in [4.69, 9.17) is 16.3 Å². The van der Waals surface area contributed by atoms with Crippen LogP contribution in [0.5, 0.6) is 0 Å². The molecule has 5 heteroatoms. The molecule has 0 spiro atoms. The molecular weight excluding hydrogens is 825 g/mol. The third-order valence-electron chi connectivity index (χ3n) is 8.38. The second-order valence-electron chi connectivity index (χ2n) is 14.7. The maximum Gasteiger partial charge on any atom is 0 e. The Balaban J connectivity index is 0.000000201. The Morgan fingerprint density at radius 3 is 2.40 bits per heavy atom. The Labute approximate surface area is 310 Å². The van der Waals surface area contributed by atoms with Gasteiger partial charge in [-0.05, 0) is 35.2 Å². The summed E-state index contributed by atoms with van der Waals surface area (Å²) < 4.78 is 47.3. The van der Waals surface area contributed by atoms with E-state index < -0.39 is 31.9 Å². The van der Waals surface area contributed by atoms with E-state index in [0.717, 1.165) is 43.3 Å². The van der Waals surface area contributed by atoms with Crippen LogP contribution in [0.2, 0.25) is 17.3 Å². The second-order valence-corrected chi connectivity index (χ2v) is 25.3. The summed E-state index contributed by atoms with van der Waals surface area (Å²) in [5.41, 5.74) is 7.88. The van der Waals surface area contributed by atoms with Gasteiger partial charge in [0.25, 0.3) is 0 Å². The van der Waals surface area contributed by atoms with Crippen molar-refractivity contribution in [2.24, 2.45) is 16.3 Å². The van der Waals surface area contributed by atoms with Crippen LogP contribution in [0.25, 0.3) is 33.2 Å². The van der Waals surface area contributed by atoms with Gasteiger partial charge in [0, 0.05) is 25.5 Å². The van der Waals surface area contributed by atoms with Gasteiger partial charge in [-0.2, -0.15) is 0 Å². The molecule has 4 aromatic carbocycles. The normalized spacial score (nSPS) is 16.5. The summed E-state index contributed by atoms with van der Waals surface area (Å²) in [6, 6.07) is 33.7. The van der Waals surface area contributed by atoms with E-state index in [1.807, 2.05) is 63.4 Å². The van der Waals surface area contributed by atoms with Gasteiger partial charge in [0.15, 0.2) is 0 Å². The van der Waals surface area contributed by atoms with Crippen LogP contribution in [0.3, 0.4) is 0 Å². The van der Waals surface area contributed by atoms with Crippen molar-refractivity contribution in [2.75, 3.05) is 0 Å². The molecule has 1 aliphatic heterocycles. The SMILES string of the molecule is CC(C)C1C(c2[c-]ccc3c2oc2ccccc23)=Nc2ccccc21.[2H]C([2H])([2H])c1c[c-]c(-c2cc(C([2H])([2H])C(C)(C)C)[c]([Ge]([CH3])([CH3])[CH3])cn2)cc1.[Ir]. The van der Waals surface area contributed by atoms with Crippen LogP contribution in [-0.4, -0.2) is 24.0 Å². The Morgan fingerprint density at radius 2 is 1.71 bits per heavy atom. The zero-order chi connectivity index (χ0) is 37.8. The first-order valence-electron chi connectivity index (χ1n) is 18.8. The summed E-state index contributed by atoms with van der Waals surface area (Å²) in [4.78, 5) is 9.54. The maximum atomic E-state index is 8.80. The molecule has 1 aliphatic rings. The van der Waals surface area contributed by atoms with E-state index in [-0.39, 0.29) is 31.6 Å². The quantitative estimate of drug-likeness (QED) is 0.128. The molecule has 0 N–H and O–H groups in total. The average molecular weight is 877 g/mol. The molecule has 0 fully saturated rings. The van der Waals surface area contributed by atoms with Crippen LogP contribution in [0.1, 0.15) is 69.6 Å². The van der Waals surface area contributed by atoms with Gasteiger partial charge in [0.1, 0.15) is 5.58 Å². The molecule has 0 bridgehead atoms. The minimum absolute atomic E-state index is 0. The summed E-state index contributed by atoms with van der Waals surface area (Å²) in [6.45, 7) is 8.06. The molecule has 7 rings (SSSR count). The number of aliphatic imine (C=N–C) groups is 1. The molecule has 2 aromatic heterocycles. The predicted octanol–water partition coefficient (Wildman–Crippen LogP) is 11.2. The fourth-order valence-corrected chi connectivity index (χ4v) is 9.18. The van der Waals surface area contributed by atoms with Crippen LogP contribution >= 0.6 is 0 Å². The van der Waals surface area contributed by atoms with Gasteiger partial charge in [-0.3, -0.25) is 0 Å². The minimum Gasteiger partial charge on any atom is 0 e. The van der Waals surface area contributed by atoms with Gasteiger partial charge in [-0.1, -0.05) is 61.2 Å². The van der Waals surface area contributed by atoms with Gasteiger partial charge in [0.05, 0.1) is 11.3 Å². The van der Waals surface area contributed by atoms with Crippen molar-refractivity contribution in [3.8, 4) is 11.3 Å². The summed E-state index contributed by atoms with van der Waals surface area (Å²) >= 11 is -2.36. The monoisotopic (exact) mass is 878 g/mol. The molecule has 48 heavy (non-hydrogen) atoms. The Kier molecular flexibility index (Phi) is 8.80. The van der Waals surface area contributed by atoms with Crippen molar-refractivity contribution in [2.45, 2.75) is 71.0 Å². The number of fused-ring (bicyclic) bond motifs is 4. The van der Waals surface area contributed by atoms with Crippen molar-refractivity contribution in [3.63, 3.8) is 0 Å². The summed E-state index contributed by atoms with van der Waals surface area (Å²) in [7, 11) is 0. The topological polar surface area (TPSA) is 38.4 Å². The average Bonchev–Trinajstić information content (AvgIpc) is 3.66. The molecule has 3 nitrogen and oxygen atoms in total. The van der Waals surface area contributed by atoms with Gasteiger partial charge in [-0.25, -0.2) is 0 Å². The molecule has 0 saturated carbocycles. The number of benzene rings is 4. The minimum atomic E-state index is -2.36. The smallest absolute Gasteiger partial charge is 0 e. The number of rotatable bonds is 5. The van der Waals surface area contributed by atoms with Crippen LogP contribution in [0.15, 0.2) is 101 Å². The van der Waals surface area contributed by atoms with Crippen molar-refractivity contribution in [1.82, 2.24) is 4.98 Å². The van der Waals surface area contributed by atoms with Crippen LogP contribution in [0, 0.1) is 30.3 Å². The van der Waals surface area contributed by atoms with E-state index in [9.17, 15) is 0 Å². The van der Waals surface area contributed by atoms with Crippen molar-refractivity contribution in [3.05, 3.63) is 126 Å². The third-order valence-corrected chi connectivity index (χ3v) is 12.6. The number of aromatic nitrogens is 1. The molecule has 3 heterocycles. The number of furan rings is 1. The zero-order valence-electron chi connectivity index (χ0n) is 34.0. The number of para-hydroxylation sites is 2. The number of pyridine rings is 1. The molecule has 0 aliphatic carbocycles. The Hall–Kier alpha value is -3.31. The molecule has 6 aromatic rings. The predicted molar refractivity (Wildman–Crippen MR) is 202 cm³/mol. The number of hydrogen-bond donors (Lipinski definition) is 0. The maximum absolute atomic E-state index is 8.80. The second kappa shape index (κ2) is 14.3. The molecule has 0 amide bonds. The first kappa shape index (κ1) is 29.6. The van der Waals surface area contributed by atoms with Crippen LogP contribution < -0.4 is 4.40 Å². The largest absolute Gasteiger partial charge is 0 e. The molecule has 1 atom stereocenters. The number of nitrogens with zero attached hydrogens (tertiary/aromatic N) is 2. The van der Waals surface area contributed by atoms with Crippen molar-refractivity contribution >= 4 is 51.0 Å². The standard InChI is InChI=1S/C23H18NO.C20H28GeN.Ir/c1-14(2)21-17-9-3-5-12-19(17)24-22(21)18-11-7-10-16-15-8-4-6-13-20(15)25-23(16)18;1-15-8-10-16(11-9-15)19-12-17(13-20(2,3)4)18(14-22-19)21(5,6)7;/h3-10,12-14,21H,1-2H3;8-10,12,14H,13H2,1-7H3;/q2*-1;/i;1D3,13D2;. The summed E-state index contributed by atoms with van der Waals surface area (Å²) in [5.74, 6) is 7.42. The molecule has 1 radical (unpaired) electrons. The summed E-state index contributed by atoms with van der Waals surface area (Å²) in [6.07, 6.45) is 0.303. The van der Waals surface area contributed by atoms with Gasteiger partial charge in [-0.15, -0.1) is 18.2 Å². The van der Waals surface area contributed by atoms with Crippen LogP contribution in [0.4, 0.5) is 5.69 Å². The molecule has 249 valence electrons. The van der Waals surface area contributed by atoms with E-state index in [1.165, 1.54) is 11.6 Å². The third kappa shape index (κ3) is 7.62. The Morgan fingerprint density at radius 1 is 0.958 bits per heavy atom. The van der Waals surface area contributed by atoms with Crippen molar-refractivity contribution < 1.29 is 31.4 Å². The van der Waals surface area contributed by atoms with Crippen LogP contribution in [-0.2, 0) is 26.5 Å². The van der Waals surface area contributed by atoms with Gasteiger partial charge >= 0.3 is 145 Å². The fourth-order valence-electron chi connectivity index (χ4n) is 6.26. The summed E-state index contributed by atoms with van der Waals surface area (Å²) in [5, 5.41) is 2.27. The fraction of sp³-hybridized carbons (Fsp3) is 0.302. The molecule has 0 saturated heterocycles.